The molecule has 7 nitrogen and oxygen atoms in total. The number of fused-ring (bicyclic) bond motifs is 1. The molecule has 1 N–H and O–H groups in total. The number of carbonyl (C=O) groups excluding carboxylic acids is 2. The molecule has 0 unspecified atom stereocenters. The van der Waals surface area contributed by atoms with E-state index in [9.17, 15) is 9.59 Å². The van der Waals surface area contributed by atoms with Crippen molar-refractivity contribution in [3.05, 3.63) is 17.2 Å². The van der Waals surface area contributed by atoms with Gasteiger partial charge in [-0.15, -0.1) is 0 Å². The number of ether oxygens (including phenoxy) is 3. The van der Waals surface area contributed by atoms with Gasteiger partial charge in [-0.05, 0) is 13.0 Å². The zero-order valence-corrected chi connectivity index (χ0v) is 13.3. The molecular formula is C16H20N2O5. The van der Waals surface area contributed by atoms with Gasteiger partial charge in [0.15, 0.2) is 17.3 Å². The van der Waals surface area contributed by atoms with Crippen LogP contribution in [0.5, 0.6) is 17.2 Å². The Hall–Kier alpha value is -2.12. The maximum atomic E-state index is 12.0. The second kappa shape index (κ2) is 6.55. The summed E-state index contributed by atoms with van der Waals surface area (Å²) in [5, 5.41) is 3.29. The minimum Gasteiger partial charge on any atom is -0.454 e. The van der Waals surface area contributed by atoms with Crippen LogP contribution in [0.25, 0.3) is 0 Å². The molecule has 0 amide bonds. The maximum Gasteiger partial charge on any atom is 0.308 e. The first-order valence-electron chi connectivity index (χ1n) is 7.64. The highest BCUT2D eigenvalue weighted by Crippen LogP contribution is 2.44. The summed E-state index contributed by atoms with van der Waals surface area (Å²) in [4.78, 5) is 25.7. The van der Waals surface area contributed by atoms with E-state index in [1.807, 2.05) is 0 Å². The van der Waals surface area contributed by atoms with Crippen molar-refractivity contribution in [2.24, 2.45) is 0 Å². The molecule has 23 heavy (non-hydrogen) atoms. The minimum atomic E-state index is -0.465. The number of Topliss-reactive ketones (excluding diaryl/α,β-unsaturated/α-hetero) is 1. The Morgan fingerprint density at radius 1 is 1.26 bits per heavy atom. The van der Waals surface area contributed by atoms with Crippen LogP contribution in [0.15, 0.2) is 6.07 Å². The molecule has 2 aliphatic rings. The predicted molar refractivity (Wildman–Crippen MR) is 82.0 cm³/mol. The van der Waals surface area contributed by atoms with Crippen molar-refractivity contribution in [3.8, 4) is 17.2 Å². The van der Waals surface area contributed by atoms with E-state index in [4.69, 9.17) is 14.2 Å². The molecular weight excluding hydrogens is 300 g/mol. The summed E-state index contributed by atoms with van der Waals surface area (Å²) in [6.45, 7) is 6.95. The fraction of sp³-hybridized carbons (Fsp3) is 0.500. The van der Waals surface area contributed by atoms with E-state index in [0.717, 1.165) is 26.2 Å². The smallest absolute Gasteiger partial charge is 0.308 e. The van der Waals surface area contributed by atoms with Gasteiger partial charge in [0.05, 0.1) is 11.1 Å². The Morgan fingerprint density at radius 3 is 2.65 bits per heavy atom. The van der Waals surface area contributed by atoms with E-state index in [-0.39, 0.29) is 18.3 Å². The number of nitrogens with zero attached hydrogens (tertiary/aromatic N) is 1. The summed E-state index contributed by atoms with van der Waals surface area (Å²) < 4.78 is 16.4. The van der Waals surface area contributed by atoms with Crippen molar-refractivity contribution in [2.75, 3.05) is 33.0 Å². The zero-order valence-electron chi connectivity index (χ0n) is 13.3. The van der Waals surface area contributed by atoms with E-state index in [2.05, 4.69) is 10.2 Å². The maximum absolute atomic E-state index is 12.0. The van der Waals surface area contributed by atoms with E-state index >= 15 is 0 Å². The molecule has 1 saturated heterocycles. The van der Waals surface area contributed by atoms with E-state index < -0.39 is 5.97 Å². The zero-order chi connectivity index (χ0) is 16.4. The molecule has 0 atom stereocenters. The van der Waals surface area contributed by atoms with Crippen molar-refractivity contribution in [2.45, 2.75) is 20.4 Å². The third-order valence-electron chi connectivity index (χ3n) is 3.93. The van der Waals surface area contributed by atoms with Gasteiger partial charge in [-0.1, -0.05) is 0 Å². The van der Waals surface area contributed by atoms with Gasteiger partial charge in [-0.3, -0.25) is 14.5 Å². The molecule has 1 fully saturated rings. The van der Waals surface area contributed by atoms with Gasteiger partial charge in [-0.25, -0.2) is 0 Å². The summed E-state index contributed by atoms with van der Waals surface area (Å²) >= 11 is 0. The lowest BCUT2D eigenvalue weighted by molar-refractivity contribution is -0.131. The number of hydrogen-bond donors (Lipinski definition) is 1. The van der Waals surface area contributed by atoms with Gasteiger partial charge in [0.25, 0.3) is 0 Å². The van der Waals surface area contributed by atoms with Crippen LogP contribution in [-0.2, 0) is 11.3 Å². The van der Waals surface area contributed by atoms with E-state index in [1.54, 1.807) is 6.07 Å². The standard InChI is InChI=1S/C16H20N2O5/c1-10(19)12-7-14-16(22-9-21-14)13(15(12)23-11(2)20)8-18-5-3-17-4-6-18/h7,17H,3-6,8-9H2,1-2H3. The van der Waals surface area contributed by atoms with Crippen LogP contribution in [0.2, 0.25) is 0 Å². The van der Waals surface area contributed by atoms with E-state index in [1.165, 1.54) is 13.8 Å². The molecule has 124 valence electrons. The second-order valence-electron chi connectivity index (χ2n) is 5.64. The third-order valence-corrected chi connectivity index (χ3v) is 3.93. The molecule has 0 bridgehead atoms. The van der Waals surface area contributed by atoms with Crippen molar-refractivity contribution in [1.29, 1.82) is 0 Å². The van der Waals surface area contributed by atoms with Gasteiger partial charge in [-0.2, -0.15) is 0 Å². The fourth-order valence-electron chi connectivity index (χ4n) is 2.85. The number of esters is 1. The lowest BCUT2D eigenvalue weighted by atomic mass is 10.0. The quantitative estimate of drug-likeness (QED) is 0.503. The Balaban J connectivity index is 2.05. The van der Waals surface area contributed by atoms with Crippen molar-refractivity contribution >= 4 is 11.8 Å². The summed E-state index contributed by atoms with van der Waals surface area (Å²) in [5.74, 6) is 0.725. The predicted octanol–water partition coefficient (Wildman–Crippen LogP) is 0.948. The Morgan fingerprint density at radius 2 is 2.00 bits per heavy atom. The SMILES string of the molecule is CC(=O)Oc1c(C(C)=O)cc2c(c1CN1CCNCC1)OCO2. The van der Waals surface area contributed by atoms with Crippen molar-refractivity contribution < 1.29 is 23.8 Å². The number of rotatable bonds is 4. The molecule has 0 saturated carbocycles. The number of hydrogen-bond acceptors (Lipinski definition) is 7. The van der Waals surface area contributed by atoms with Crippen LogP contribution in [0, 0.1) is 0 Å². The molecule has 1 aromatic rings. The number of benzene rings is 1. The van der Waals surface area contributed by atoms with Crippen molar-refractivity contribution in [3.63, 3.8) is 0 Å². The lowest BCUT2D eigenvalue weighted by Gasteiger charge is -2.28. The molecule has 7 heteroatoms. The second-order valence-corrected chi connectivity index (χ2v) is 5.64. The molecule has 3 rings (SSSR count). The minimum absolute atomic E-state index is 0.102. The Kier molecular flexibility index (Phi) is 4.49. The molecule has 0 aliphatic carbocycles. The normalized spacial score (nSPS) is 17.1. The van der Waals surface area contributed by atoms with Crippen LogP contribution in [-0.4, -0.2) is 49.6 Å². The van der Waals surface area contributed by atoms with Crippen LogP contribution in [0.4, 0.5) is 0 Å². The summed E-state index contributed by atoms with van der Waals surface area (Å²) in [6.07, 6.45) is 0. The van der Waals surface area contributed by atoms with E-state index in [0.29, 0.717) is 29.2 Å². The summed E-state index contributed by atoms with van der Waals surface area (Å²) in [6, 6.07) is 1.59. The van der Waals surface area contributed by atoms with Crippen LogP contribution in [0.3, 0.4) is 0 Å². The highest BCUT2D eigenvalue weighted by molar-refractivity contribution is 5.99. The number of piperazine rings is 1. The lowest BCUT2D eigenvalue weighted by Crippen LogP contribution is -2.43. The molecule has 2 aliphatic heterocycles. The van der Waals surface area contributed by atoms with Crippen LogP contribution >= 0.6 is 0 Å². The van der Waals surface area contributed by atoms with Crippen molar-refractivity contribution in [1.82, 2.24) is 10.2 Å². The van der Waals surface area contributed by atoms with Gasteiger partial charge < -0.3 is 19.5 Å². The summed E-state index contributed by atoms with van der Waals surface area (Å²) in [7, 11) is 0. The van der Waals surface area contributed by atoms with Gasteiger partial charge in [0, 0.05) is 39.6 Å². The highest BCUT2D eigenvalue weighted by Gasteiger charge is 2.29. The first-order chi connectivity index (χ1) is 11.1. The topological polar surface area (TPSA) is 77.1 Å². The summed E-state index contributed by atoms with van der Waals surface area (Å²) in [5.41, 5.74) is 1.04. The number of carbonyl (C=O) groups is 2. The Bertz CT molecular complexity index is 638. The first kappa shape index (κ1) is 15.8. The van der Waals surface area contributed by atoms with Crippen LogP contribution in [0.1, 0.15) is 29.8 Å². The average molecular weight is 320 g/mol. The average Bonchev–Trinajstić information content (AvgIpc) is 2.98. The molecule has 1 aromatic carbocycles. The monoisotopic (exact) mass is 320 g/mol. The highest BCUT2D eigenvalue weighted by atomic mass is 16.7. The molecule has 2 heterocycles. The fourth-order valence-corrected chi connectivity index (χ4v) is 2.85. The molecule has 0 aromatic heterocycles. The number of nitrogens with one attached hydrogen (secondary N) is 1. The van der Waals surface area contributed by atoms with Gasteiger partial charge >= 0.3 is 5.97 Å². The first-order valence-corrected chi connectivity index (χ1v) is 7.64. The largest absolute Gasteiger partial charge is 0.454 e. The third kappa shape index (κ3) is 3.30. The molecule has 0 spiro atoms. The molecule has 0 radical (unpaired) electrons. The Labute approximate surface area is 134 Å². The van der Waals surface area contributed by atoms with Gasteiger partial charge in [0.2, 0.25) is 6.79 Å². The number of ketones is 1. The van der Waals surface area contributed by atoms with Gasteiger partial charge in [0.1, 0.15) is 5.75 Å². The van der Waals surface area contributed by atoms with Crippen LogP contribution < -0.4 is 19.5 Å².